The summed E-state index contributed by atoms with van der Waals surface area (Å²) in [7, 11) is -6.73. The van der Waals surface area contributed by atoms with Crippen molar-refractivity contribution in [1.29, 1.82) is 0 Å². The molecule has 82 heavy (non-hydrogen) atoms. The molecule has 0 heterocycles. The largest absolute Gasteiger partial charge is 0.430 e. The molecule has 4 atom stereocenters. The molecule has 0 radical (unpaired) electrons. The summed E-state index contributed by atoms with van der Waals surface area (Å²) in [5.41, 5.74) is 11.8. The Hall–Kier alpha value is -6.54. The van der Waals surface area contributed by atoms with Crippen molar-refractivity contribution in [3.8, 4) is 0 Å². The van der Waals surface area contributed by atoms with Gasteiger partial charge in [-0.1, -0.05) is 171 Å². The highest BCUT2D eigenvalue weighted by molar-refractivity contribution is 6.81. The number of hydrogen-bond acceptors (Lipinski definition) is 11. The third-order valence-corrected chi connectivity index (χ3v) is 25.6. The van der Waals surface area contributed by atoms with E-state index in [4.69, 9.17) is 11.5 Å². The molecule has 0 saturated heterocycles. The molecule has 0 spiro atoms. The minimum atomic E-state index is -3.61. The highest BCUT2D eigenvalue weighted by Crippen LogP contribution is 2.54. The zero-order valence-electron chi connectivity index (χ0n) is 51.4. The lowest BCUT2D eigenvalue weighted by Crippen LogP contribution is -2.57. The molecule has 0 unspecified atom stereocenters. The summed E-state index contributed by atoms with van der Waals surface area (Å²) in [6, 6.07) is 14.1. The molecule has 2 aromatic rings. The van der Waals surface area contributed by atoms with Gasteiger partial charge in [-0.3, -0.25) is 47.9 Å². The minimum Gasteiger partial charge on any atom is -0.430 e. The van der Waals surface area contributed by atoms with Gasteiger partial charge in [0.2, 0.25) is 67.4 Å². The van der Waals surface area contributed by atoms with Crippen molar-refractivity contribution in [3.05, 3.63) is 71.8 Å². The maximum Gasteiger partial charge on any atom is 0.266 e. The molecule has 13 N–H and O–H groups in total. The molecule has 2 aromatic carbocycles. The summed E-state index contributed by atoms with van der Waals surface area (Å²) < 4.78 is 16.3. The van der Waals surface area contributed by atoms with Crippen molar-refractivity contribution < 1.29 is 56.8 Å². The van der Waals surface area contributed by atoms with E-state index in [9.17, 15) is 52.7 Å². The predicted molar refractivity (Wildman–Crippen MR) is 321 cm³/mol. The second-order valence-corrected chi connectivity index (χ2v) is 35.7. The molecule has 0 saturated carbocycles. The number of carbonyl (C=O) groups excluding carboxylic acids is 10. The van der Waals surface area contributed by atoms with Gasteiger partial charge < -0.3 is 62.9 Å². The summed E-state index contributed by atoms with van der Waals surface area (Å²) in [6.45, 7) is 28.8. The highest BCUT2D eigenvalue weighted by Gasteiger charge is 2.57. The number of halogens is 1. The lowest BCUT2D eigenvalue weighted by Gasteiger charge is -2.46. The monoisotopic (exact) mass is 1180 g/mol. The lowest BCUT2D eigenvalue weighted by molar-refractivity contribution is -0.130. The summed E-state index contributed by atoms with van der Waals surface area (Å²) in [4.78, 5) is 136. The number of primary amides is 2. The zero-order chi connectivity index (χ0) is 63.2. The van der Waals surface area contributed by atoms with Crippen molar-refractivity contribution in [1.82, 2.24) is 42.5 Å². The van der Waals surface area contributed by atoms with Gasteiger partial charge in [-0.05, 0) is 43.1 Å². The Morgan fingerprint density at radius 1 is 0.463 bits per heavy atom. The Kier molecular flexibility index (Phi) is 29.0. The van der Waals surface area contributed by atoms with Crippen LogP contribution in [0.5, 0.6) is 0 Å². The lowest BCUT2D eigenvalue weighted by atomic mass is 10.0. The fourth-order valence-electron chi connectivity index (χ4n) is 9.35. The number of carbonyl (C=O) groups is 10. The van der Waals surface area contributed by atoms with Crippen LogP contribution in [0.1, 0.15) is 135 Å². The Bertz CT molecular complexity index is 2280. The van der Waals surface area contributed by atoms with Gasteiger partial charge in [-0.25, -0.2) is 0 Å². The second kappa shape index (κ2) is 32.3. The second-order valence-electron chi connectivity index (χ2n) is 25.7. The first-order valence-corrected chi connectivity index (χ1v) is 32.1. The zero-order valence-corrected chi connectivity index (χ0v) is 53.4. The smallest absolute Gasteiger partial charge is 0.266 e. The van der Waals surface area contributed by atoms with E-state index in [1.165, 1.54) is 0 Å². The van der Waals surface area contributed by atoms with Crippen LogP contribution in [-0.2, 0) is 60.8 Å². The Labute approximate surface area is 487 Å². The average Bonchev–Trinajstić information content (AvgIpc) is 3.39. The fourth-order valence-corrected chi connectivity index (χ4v) is 17.1. The summed E-state index contributed by atoms with van der Waals surface area (Å²) in [5, 5.41) is 18.7. The predicted octanol–water partition coefficient (Wildman–Crippen LogP) is 3.98. The molecule has 2 rings (SSSR count). The van der Waals surface area contributed by atoms with Crippen LogP contribution in [-0.4, -0.2) is 131 Å². The van der Waals surface area contributed by atoms with E-state index >= 15 is 4.11 Å². The molecule has 24 heteroatoms. The number of amides is 10. The van der Waals surface area contributed by atoms with E-state index in [0.29, 0.717) is 0 Å². The van der Waals surface area contributed by atoms with E-state index in [-0.39, 0.29) is 81.7 Å². The van der Waals surface area contributed by atoms with Gasteiger partial charge in [-0.15, -0.1) is 0 Å². The van der Waals surface area contributed by atoms with Gasteiger partial charge in [0.15, 0.2) is 0 Å². The standard InChI is InChI=1S/C29H48FN5O5Si.C29H49N5O6Si/c1-19(2)25(35-24(38)18-41(30,28(3,4)5)29(6,7)8)27(40)32-15-14-23(37)34-21(26(39)33-17-22(31)36)16-20-12-10-9-11-13-20;1-19(2)25(34-24(37)18-41(40,28(3,4)5)29(6,7)8)27(39)31-15-14-23(36)33-21(26(38)32-17-22(30)35)16-20-12-10-9-11-13-20/h9-13,19,21,25H,14-18H2,1-8H3,(H2,31,36)(H,32,40)(H,33,39)(H,34,37)(H,35,38);9-13,19,21,25,40H,14-18H2,1-8H3,(H2,30,35)(H,31,39)(H,32,38)(H,33,36)(H,34,37)/t2*21-,25-/m00/s1. The highest BCUT2D eigenvalue weighted by atomic mass is 28.4. The van der Waals surface area contributed by atoms with E-state index in [1.54, 1.807) is 93.5 Å². The van der Waals surface area contributed by atoms with Gasteiger partial charge in [0.1, 0.15) is 24.2 Å². The molecular formula is C58H97FN10O11Si2. The maximum atomic E-state index is 16.3. The van der Waals surface area contributed by atoms with Crippen molar-refractivity contribution in [2.45, 2.75) is 193 Å². The number of hydrogen-bond donors (Lipinski definition) is 11. The first-order chi connectivity index (χ1) is 37.6. The molecule has 0 bridgehead atoms. The minimum absolute atomic E-state index is 0.0204. The number of benzene rings is 2. The molecule has 10 amide bonds. The van der Waals surface area contributed by atoms with Gasteiger partial charge in [0.05, 0.1) is 19.1 Å². The van der Waals surface area contributed by atoms with Gasteiger partial charge in [0, 0.05) is 44.8 Å². The summed E-state index contributed by atoms with van der Waals surface area (Å²) >= 11 is 0. The summed E-state index contributed by atoms with van der Waals surface area (Å²) in [6.07, 6.45) is 0.143. The molecule has 0 aromatic heterocycles. The summed E-state index contributed by atoms with van der Waals surface area (Å²) in [5.74, 6) is -5.86. The van der Waals surface area contributed by atoms with Gasteiger partial charge in [0.25, 0.3) is 8.41 Å². The molecule has 21 nitrogen and oxygen atoms in total. The SMILES string of the molecule is CC(C)[C@H](NC(=O)C[Si](F)(C(C)(C)C)C(C)(C)C)C(=O)NCCC(=O)N[C@@H](Cc1ccccc1)C(=O)NCC(N)=O.CC(C)[C@H](NC(=O)C[Si](O)(C(C)(C)C)C(C)(C)C)C(=O)NCCC(=O)N[C@@H](Cc1ccccc1)C(=O)NCC(N)=O. The molecule has 0 aliphatic rings. The Balaban J connectivity index is 0.000000820. The van der Waals surface area contributed by atoms with Crippen LogP contribution in [0.4, 0.5) is 4.11 Å². The van der Waals surface area contributed by atoms with Gasteiger partial charge >= 0.3 is 0 Å². The Morgan fingerprint density at radius 2 is 0.780 bits per heavy atom. The Morgan fingerprint density at radius 3 is 1.06 bits per heavy atom. The quantitative estimate of drug-likeness (QED) is 0.0428. The van der Waals surface area contributed by atoms with Crippen molar-refractivity contribution in [3.63, 3.8) is 0 Å². The van der Waals surface area contributed by atoms with Crippen LogP contribution >= 0.6 is 0 Å². The molecule has 0 aliphatic heterocycles. The number of rotatable bonds is 28. The number of nitrogens with one attached hydrogen (secondary N) is 8. The van der Waals surface area contributed by atoms with Crippen molar-refractivity contribution >= 4 is 75.8 Å². The molecule has 460 valence electrons. The van der Waals surface area contributed by atoms with Gasteiger partial charge in [-0.2, -0.15) is 0 Å². The maximum absolute atomic E-state index is 16.3. The fraction of sp³-hybridized carbons (Fsp3) is 0.621. The van der Waals surface area contributed by atoms with Crippen LogP contribution in [0.25, 0.3) is 0 Å². The van der Waals surface area contributed by atoms with Crippen molar-refractivity contribution in [2.75, 3.05) is 26.2 Å². The third-order valence-electron chi connectivity index (χ3n) is 14.3. The van der Waals surface area contributed by atoms with Crippen LogP contribution in [0.3, 0.4) is 0 Å². The van der Waals surface area contributed by atoms with Crippen LogP contribution in [0.15, 0.2) is 60.7 Å². The molecule has 0 fully saturated rings. The van der Waals surface area contributed by atoms with Crippen LogP contribution < -0.4 is 54.0 Å². The van der Waals surface area contributed by atoms with E-state index < -0.39 is 114 Å². The first kappa shape index (κ1) is 73.5. The molecular weight excluding hydrogens is 1090 g/mol. The van der Waals surface area contributed by atoms with Crippen LogP contribution in [0.2, 0.25) is 32.2 Å². The first-order valence-electron chi connectivity index (χ1n) is 27.9. The van der Waals surface area contributed by atoms with E-state index in [0.717, 1.165) is 11.1 Å². The van der Waals surface area contributed by atoms with E-state index in [2.05, 4.69) is 42.5 Å². The van der Waals surface area contributed by atoms with Crippen molar-refractivity contribution in [2.24, 2.45) is 23.3 Å². The normalized spacial score (nSPS) is 13.6. The molecule has 0 aliphatic carbocycles. The average molecular weight is 1190 g/mol. The number of nitrogens with two attached hydrogens (primary N) is 2. The topological polar surface area (TPSA) is 339 Å². The van der Waals surface area contributed by atoms with Crippen LogP contribution in [0, 0.1) is 11.8 Å². The van der Waals surface area contributed by atoms with E-state index in [1.807, 2.05) is 77.9 Å². The third kappa shape index (κ3) is 24.5.